The van der Waals surface area contributed by atoms with Gasteiger partial charge in [-0.05, 0) is 24.4 Å². The summed E-state index contributed by atoms with van der Waals surface area (Å²) in [7, 11) is 11.9. The van der Waals surface area contributed by atoms with Crippen molar-refractivity contribution in [2.24, 2.45) is 20.0 Å². The number of methoxy groups -OCH3 is 2. The van der Waals surface area contributed by atoms with Gasteiger partial charge in [0.05, 0.1) is 10.3 Å². The van der Waals surface area contributed by atoms with E-state index in [9.17, 15) is 9.59 Å². The van der Waals surface area contributed by atoms with Crippen LogP contribution in [0.25, 0.3) is 0 Å². The van der Waals surface area contributed by atoms with Crippen LogP contribution in [-0.2, 0) is 28.5 Å². The highest BCUT2D eigenvalue weighted by Crippen LogP contribution is 1.79. The number of isothiocyanates is 2. The number of rotatable bonds is 4. The number of isocyanates is 2. The Labute approximate surface area is 198 Å². The molecule has 0 aliphatic carbocycles. The van der Waals surface area contributed by atoms with Crippen molar-refractivity contribution in [3.8, 4) is 0 Å². The maximum atomic E-state index is 10.3. The van der Waals surface area contributed by atoms with Gasteiger partial charge >= 0.3 is 12.2 Å². The second kappa shape index (κ2) is 56.5. The lowest BCUT2D eigenvalue weighted by Gasteiger charge is -2.03. The quantitative estimate of drug-likeness (QED) is 0.248. The summed E-state index contributed by atoms with van der Waals surface area (Å²) in [6, 6.07) is 0. The minimum atomic E-state index is -0.645. The second-order valence-electron chi connectivity index (χ2n) is 3.44. The molecule has 0 spiro atoms. The zero-order chi connectivity index (χ0) is 26.5. The number of carbonyl (C=O) groups excluding carboxylic acids is 4. The summed E-state index contributed by atoms with van der Waals surface area (Å²) in [4.78, 5) is 50.9. The predicted octanol–water partition coefficient (Wildman–Crippen LogP) is 1.23. The van der Waals surface area contributed by atoms with Crippen molar-refractivity contribution in [3.63, 3.8) is 0 Å². The predicted molar refractivity (Wildman–Crippen MR) is 125 cm³/mol. The molecule has 0 saturated carbocycles. The number of nitrogens with zero attached hydrogens (tertiary/aromatic N) is 4. The fourth-order valence-corrected chi connectivity index (χ4v) is 0.399. The van der Waals surface area contributed by atoms with Gasteiger partial charge in [-0.25, -0.2) is 39.1 Å². The van der Waals surface area contributed by atoms with Crippen LogP contribution in [0.2, 0.25) is 0 Å². The molecular weight excluding hydrogens is 468 g/mol. The lowest BCUT2D eigenvalue weighted by atomic mass is 11.0. The molecule has 184 valence electrons. The first-order valence-corrected chi connectivity index (χ1v) is 8.60. The van der Waals surface area contributed by atoms with E-state index < -0.39 is 12.2 Å². The third-order valence-corrected chi connectivity index (χ3v) is 1.75. The van der Waals surface area contributed by atoms with Crippen LogP contribution >= 0.6 is 24.4 Å². The second-order valence-corrected chi connectivity index (χ2v) is 3.80. The molecule has 0 heterocycles. The Bertz CT molecular complexity index is 517. The standard InChI is InChI=1S/C5H10N2O4.C3H8O2.2C2H3NO.2C2H3NS/c1-6-4(8)10-3-11-5(9)7-2;1-4-3-5-2;4*1-3-2-4/h3H2,1-2H3,(H,6,8)(H,7,9);3H2,1-2H3;4*1H3. The lowest BCUT2D eigenvalue weighted by molar-refractivity contribution is -0.00272. The largest absolute Gasteiger partial charge is 0.412 e. The Morgan fingerprint density at radius 1 is 0.719 bits per heavy atom. The Morgan fingerprint density at radius 2 is 0.969 bits per heavy atom. The van der Waals surface area contributed by atoms with E-state index >= 15 is 0 Å². The number of aliphatic imine (C=N–C) groups is 4. The van der Waals surface area contributed by atoms with E-state index in [4.69, 9.17) is 9.59 Å². The van der Waals surface area contributed by atoms with Crippen LogP contribution < -0.4 is 10.6 Å². The van der Waals surface area contributed by atoms with Gasteiger partial charge in [0.2, 0.25) is 19.0 Å². The number of nitrogens with one attached hydrogen (secondary N) is 2. The highest BCUT2D eigenvalue weighted by atomic mass is 32.1. The van der Waals surface area contributed by atoms with Gasteiger partial charge in [0.15, 0.2) is 0 Å². The van der Waals surface area contributed by atoms with E-state index in [2.05, 4.69) is 84.3 Å². The van der Waals surface area contributed by atoms with Crippen LogP contribution in [0.4, 0.5) is 9.59 Å². The molecule has 0 aliphatic rings. The van der Waals surface area contributed by atoms with Crippen LogP contribution in [0.1, 0.15) is 0 Å². The number of hydrogen-bond acceptors (Lipinski definition) is 14. The van der Waals surface area contributed by atoms with Gasteiger partial charge < -0.3 is 29.6 Å². The molecule has 14 nitrogen and oxygen atoms in total. The zero-order valence-electron chi connectivity index (χ0n) is 19.3. The zero-order valence-corrected chi connectivity index (χ0v) is 20.9. The first-order chi connectivity index (χ1) is 15.3. The van der Waals surface area contributed by atoms with Crippen LogP contribution in [0.3, 0.4) is 0 Å². The van der Waals surface area contributed by atoms with E-state index in [1.54, 1.807) is 28.3 Å². The molecule has 0 aromatic carbocycles. The van der Waals surface area contributed by atoms with Gasteiger partial charge in [-0.1, -0.05) is 0 Å². The lowest BCUT2D eigenvalue weighted by Crippen LogP contribution is -2.25. The monoisotopic (exact) mass is 498 g/mol. The van der Waals surface area contributed by atoms with Gasteiger partial charge in [0, 0.05) is 56.5 Å². The third kappa shape index (κ3) is 109. The number of alkyl carbamates (subject to hydrolysis) is 2. The number of ether oxygens (including phenoxy) is 4. The van der Waals surface area contributed by atoms with Crippen LogP contribution in [0, 0.1) is 0 Å². The molecule has 0 aromatic rings. The van der Waals surface area contributed by atoms with Crippen LogP contribution in [0.5, 0.6) is 0 Å². The van der Waals surface area contributed by atoms with Crippen LogP contribution in [-0.4, -0.2) is 105 Å². The molecule has 0 aromatic heterocycles. The van der Waals surface area contributed by atoms with Gasteiger partial charge in [-0.15, -0.1) is 0 Å². The van der Waals surface area contributed by atoms with Gasteiger partial charge in [-0.2, -0.15) is 0 Å². The molecule has 2 amide bonds. The molecule has 0 fully saturated rings. The van der Waals surface area contributed by atoms with Crippen molar-refractivity contribution in [1.82, 2.24) is 10.6 Å². The first kappa shape index (κ1) is 42.8. The maximum absolute atomic E-state index is 10.3. The van der Waals surface area contributed by atoms with Gasteiger partial charge in [-0.3, -0.25) is 0 Å². The fraction of sp³-hybridized carbons (Fsp3) is 0.625. The minimum absolute atomic E-state index is 0.389. The average Bonchev–Trinajstić information content (AvgIpc) is 2.85. The summed E-state index contributed by atoms with van der Waals surface area (Å²) in [6.07, 6.45) is 1.32. The summed E-state index contributed by atoms with van der Waals surface area (Å²) in [6.45, 7) is -0.000648. The molecule has 0 radical (unpaired) electrons. The molecule has 16 heteroatoms. The van der Waals surface area contributed by atoms with Crippen molar-refractivity contribution in [2.75, 3.05) is 70.1 Å². The fourth-order valence-electron chi connectivity index (χ4n) is 0.399. The number of carbonyl (C=O) groups is 2. The SMILES string of the molecule is CN=C=O.CN=C=O.CN=C=S.CN=C=S.CNC(=O)OCOC(=O)NC.COCOC. The van der Waals surface area contributed by atoms with E-state index in [0.717, 1.165) is 0 Å². The smallest absolute Gasteiger partial charge is 0.409 e. The molecule has 0 rings (SSSR count). The minimum Gasteiger partial charge on any atom is -0.412 e. The summed E-state index contributed by atoms with van der Waals surface area (Å²) in [5, 5.41) is 8.65. The topological polar surface area (TPSA) is 179 Å². The Hall–Kier alpha value is -3.18. The molecule has 0 bridgehead atoms. The molecule has 2 N–H and O–H groups in total. The molecule has 0 aliphatic heterocycles. The molecule has 0 atom stereocenters. The van der Waals surface area contributed by atoms with Crippen molar-refractivity contribution >= 4 is 59.1 Å². The Morgan fingerprint density at radius 3 is 1.06 bits per heavy atom. The first-order valence-electron chi connectivity index (χ1n) is 7.79. The summed E-state index contributed by atoms with van der Waals surface area (Å²) in [5.41, 5.74) is 0. The number of hydrogen-bond donors (Lipinski definition) is 2. The Kier molecular flexibility index (Phi) is 75.6. The normalized spacial score (nSPS) is 6.25. The maximum Gasteiger partial charge on any atom is 0.409 e. The summed E-state index contributed by atoms with van der Waals surface area (Å²) < 4.78 is 17.6. The summed E-state index contributed by atoms with van der Waals surface area (Å²) >= 11 is 8.27. The Balaban J connectivity index is -0.0000000684. The number of amides is 2. The van der Waals surface area contributed by atoms with E-state index in [0.29, 0.717) is 6.79 Å². The van der Waals surface area contributed by atoms with E-state index in [-0.39, 0.29) is 6.79 Å². The molecular formula is C16H30N6O8S2. The van der Waals surface area contributed by atoms with Crippen molar-refractivity contribution in [1.29, 1.82) is 0 Å². The molecule has 0 unspecified atom stereocenters. The van der Waals surface area contributed by atoms with Crippen molar-refractivity contribution in [3.05, 3.63) is 0 Å². The van der Waals surface area contributed by atoms with Gasteiger partial charge in [0.1, 0.15) is 6.79 Å². The van der Waals surface area contributed by atoms with E-state index in [1.807, 2.05) is 0 Å². The van der Waals surface area contributed by atoms with E-state index in [1.165, 1.54) is 40.4 Å². The molecule has 0 saturated heterocycles. The number of thiocarbonyl (C=S) groups is 2. The average molecular weight is 499 g/mol. The van der Waals surface area contributed by atoms with Crippen molar-refractivity contribution in [2.45, 2.75) is 0 Å². The summed E-state index contributed by atoms with van der Waals surface area (Å²) in [5.74, 6) is 0. The highest BCUT2D eigenvalue weighted by Gasteiger charge is 1.99. The van der Waals surface area contributed by atoms with Crippen molar-refractivity contribution < 1.29 is 38.1 Å². The molecule has 32 heavy (non-hydrogen) atoms. The highest BCUT2D eigenvalue weighted by molar-refractivity contribution is 7.78. The third-order valence-electron chi connectivity index (χ3n) is 1.39. The van der Waals surface area contributed by atoms with Gasteiger partial charge in [0.25, 0.3) is 0 Å². The van der Waals surface area contributed by atoms with Crippen LogP contribution in [0.15, 0.2) is 20.0 Å².